The molecule has 1 saturated carbocycles. The van der Waals surface area contributed by atoms with Crippen LogP contribution in [0.5, 0.6) is 5.75 Å². The van der Waals surface area contributed by atoms with Crippen molar-refractivity contribution in [3.8, 4) is 5.75 Å². The molecule has 0 unspecified atom stereocenters. The number of halogens is 2. The summed E-state index contributed by atoms with van der Waals surface area (Å²) in [5.41, 5.74) is 2.79. The van der Waals surface area contributed by atoms with Crippen molar-refractivity contribution in [3.63, 3.8) is 0 Å². The van der Waals surface area contributed by atoms with Gasteiger partial charge >= 0.3 is 0 Å². The third-order valence-electron chi connectivity index (χ3n) is 5.26. The average Bonchev–Trinajstić information content (AvgIpc) is 2.70. The number of nitrogens with zero attached hydrogens (tertiary/aromatic N) is 1. The van der Waals surface area contributed by atoms with Gasteiger partial charge in [-0.05, 0) is 61.3 Å². The molecule has 150 valence electrons. The molecule has 3 nitrogen and oxygen atoms in total. The lowest BCUT2D eigenvalue weighted by Gasteiger charge is -2.36. The average molecular weight is 421 g/mol. The Labute approximate surface area is 176 Å². The van der Waals surface area contributed by atoms with Crippen LogP contribution in [0.2, 0.25) is 5.02 Å². The molecule has 0 atom stereocenters. The Bertz CT molecular complexity index is 822. The van der Waals surface area contributed by atoms with Gasteiger partial charge in [-0.25, -0.2) is 4.39 Å². The molecule has 1 N–H and O–H groups in total. The second kappa shape index (κ2) is 9.57. The number of nitrogens with one attached hydrogen (secondary N) is 1. The Morgan fingerprint density at radius 1 is 1.21 bits per heavy atom. The fourth-order valence-electron chi connectivity index (χ4n) is 3.66. The van der Waals surface area contributed by atoms with E-state index in [1.807, 2.05) is 25.1 Å². The van der Waals surface area contributed by atoms with E-state index in [0.29, 0.717) is 28.5 Å². The molecule has 0 amide bonds. The minimum Gasteiger partial charge on any atom is -0.495 e. The highest BCUT2D eigenvalue weighted by Gasteiger charge is 2.24. The van der Waals surface area contributed by atoms with Crippen molar-refractivity contribution in [2.24, 2.45) is 0 Å². The highest BCUT2D eigenvalue weighted by molar-refractivity contribution is 7.80. The van der Waals surface area contributed by atoms with Gasteiger partial charge in [-0.3, -0.25) is 0 Å². The Morgan fingerprint density at radius 2 is 1.89 bits per heavy atom. The topological polar surface area (TPSA) is 24.5 Å². The maximum Gasteiger partial charge on any atom is 0.174 e. The van der Waals surface area contributed by atoms with Gasteiger partial charge in [0.15, 0.2) is 5.11 Å². The lowest BCUT2D eigenvalue weighted by Crippen LogP contribution is -2.43. The van der Waals surface area contributed by atoms with Crippen molar-refractivity contribution in [2.45, 2.75) is 51.6 Å². The number of hydrogen-bond acceptors (Lipinski definition) is 2. The molecule has 28 heavy (non-hydrogen) atoms. The minimum atomic E-state index is -0.227. The predicted molar refractivity (Wildman–Crippen MR) is 118 cm³/mol. The van der Waals surface area contributed by atoms with Crippen molar-refractivity contribution < 1.29 is 9.13 Å². The fraction of sp³-hybridized carbons (Fsp3) is 0.409. The zero-order chi connectivity index (χ0) is 20.1. The van der Waals surface area contributed by atoms with Crippen LogP contribution < -0.4 is 10.1 Å². The van der Waals surface area contributed by atoms with Crippen LogP contribution in [0.1, 0.15) is 43.2 Å². The van der Waals surface area contributed by atoms with Crippen molar-refractivity contribution in [1.29, 1.82) is 0 Å². The first kappa shape index (κ1) is 20.9. The van der Waals surface area contributed by atoms with Crippen LogP contribution in [-0.2, 0) is 6.54 Å². The number of methoxy groups -OCH3 is 1. The Hall–Kier alpha value is -1.85. The van der Waals surface area contributed by atoms with Gasteiger partial charge in [-0.15, -0.1) is 0 Å². The Morgan fingerprint density at radius 3 is 2.54 bits per heavy atom. The highest BCUT2D eigenvalue weighted by atomic mass is 35.5. The minimum absolute atomic E-state index is 0.227. The van der Waals surface area contributed by atoms with Crippen LogP contribution in [0.3, 0.4) is 0 Å². The third-order valence-corrected chi connectivity index (χ3v) is 6.01. The summed E-state index contributed by atoms with van der Waals surface area (Å²) in [5.74, 6) is 0.429. The number of rotatable bonds is 5. The fourth-order valence-corrected chi connectivity index (χ4v) is 4.14. The van der Waals surface area contributed by atoms with Gasteiger partial charge in [0.25, 0.3) is 0 Å². The van der Waals surface area contributed by atoms with E-state index in [4.69, 9.17) is 28.6 Å². The highest BCUT2D eigenvalue weighted by Crippen LogP contribution is 2.32. The SMILES string of the molecule is COc1cc(Cl)c(C)cc1NC(=S)N(Cc1ccc(F)cc1)C1CCCCC1. The molecular weight excluding hydrogens is 395 g/mol. The van der Waals surface area contributed by atoms with Crippen LogP contribution in [-0.4, -0.2) is 23.2 Å². The number of hydrogen-bond donors (Lipinski definition) is 1. The third kappa shape index (κ3) is 5.15. The Balaban J connectivity index is 1.83. The van der Waals surface area contributed by atoms with E-state index in [9.17, 15) is 4.39 Å². The molecule has 3 rings (SSSR count). The van der Waals surface area contributed by atoms with E-state index < -0.39 is 0 Å². The molecule has 0 heterocycles. The van der Waals surface area contributed by atoms with Gasteiger partial charge in [0.05, 0.1) is 12.8 Å². The van der Waals surface area contributed by atoms with Gasteiger partial charge in [-0.1, -0.05) is 43.0 Å². The van der Waals surface area contributed by atoms with Crippen molar-refractivity contribution in [3.05, 3.63) is 58.4 Å². The van der Waals surface area contributed by atoms with Crippen molar-refractivity contribution in [2.75, 3.05) is 12.4 Å². The number of benzene rings is 2. The molecular formula is C22H26ClFN2OS. The first-order valence-electron chi connectivity index (χ1n) is 9.64. The van der Waals surface area contributed by atoms with Crippen LogP contribution in [0.15, 0.2) is 36.4 Å². The van der Waals surface area contributed by atoms with Gasteiger partial charge < -0.3 is 15.0 Å². The second-order valence-electron chi connectivity index (χ2n) is 7.28. The van der Waals surface area contributed by atoms with Crippen LogP contribution >= 0.6 is 23.8 Å². The summed E-state index contributed by atoms with van der Waals surface area (Å²) in [6.07, 6.45) is 5.90. The summed E-state index contributed by atoms with van der Waals surface area (Å²) >= 11 is 12.0. The van der Waals surface area contributed by atoms with E-state index in [1.165, 1.54) is 31.4 Å². The van der Waals surface area contributed by atoms with Crippen molar-refractivity contribution >= 4 is 34.6 Å². The monoisotopic (exact) mass is 420 g/mol. The maximum absolute atomic E-state index is 13.3. The molecule has 1 fully saturated rings. The smallest absolute Gasteiger partial charge is 0.174 e. The predicted octanol–water partition coefficient (Wildman–Crippen LogP) is 6.33. The lowest BCUT2D eigenvalue weighted by atomic mass is 9.94. The van der Waals surface area contributed by atoms with Gasteiger partial charge in [0.1, 0.15) is 11.6 Å². The van der Waals surface area contributed by atoms with E-state index >= 15 is 0 Å². The van der Waals surface area contributed by atoms with Crippen LogP contribution in [0.25, 0.3) is 0 Å². The zero-order valence-corrected chi connectivity index (χ0v) is 17.9. The largest absolute Gasteiger partial charge is 0.495 e. The number of anilines is 1. The van der Waals surface area contributed by atoms with E-state index in [1.54, 1.807) is 13.2 Å². The number of ether oxygens (including phenoxy) is 1. The molecule has 2 aromatic rings. The Kier molecular flexibility index (Phi) is 7.13. The molecule has 0 radical (unpaired) electrons. The normalized spacial score (nSPS) is 14.6. The quantitative estimate of drug-likeness (QED) is 0.571. The molecule has 1 aliphatic rings. The van der Waals surface area contributed by atoms with Crippen LogP contribution in [0.4, 0.5) is 10.1 Å². The van der Waals surface area contributed by atoms with E-state index in [0.717, 1.165) is 29.7 Å². The van der Waals surface area contributed by atoms with Crippen LogP contribution in [0, 0.1) is 12.7 Å². The van der Waals surface area contributed by atoms with E-state index in [2.05, 4.69) is 10.2 Å². The first-order chi connectivity index (χ1) is 13.5. The summed E-state index contributed by atoms with van der Waals surface area (Å²) in [4.78, 5) is 2.23. The molecule has 2 aromatic carbocycles. The zero-order valence-electron chi connectivity index (χ0n) is 16.3. The molecule has 0 saturated heterocycles. The summed E-state index contributed by atoms with van der Waals surface area (Å²) in [6, 6.07) is 10.8. The molecule has 1 aliphatic carbocycles. The summed E-state index contributed by atoms with van der Waals surface area (Å²) in [5, 5.41) is 4.66. The summed E-state index contributed by atoms with van der Waals surface area (Å²) in [6.45, 7) is 2.60. The molecule has 6 heteroatoms. The molecule has 0 aromatic heterocycles. The summed E-state index contributed by atoms with van der Waals surface area (Å²) < 4.78 is 18.8. The number of thiocarbonyl (C=S) groups is 1. The molecule has 0 spiro atoms. The molecule has 0 bridgehead atoms. The lowest BCUT2D eigenvalue weighted by molar-refractivity contribution is 0.240. The van der Waals surface area contributed by atoms with Crippen molar-refractivity contribution in [1.82, 2.24) is 4.90 Å². The first-order valence-corrected chi connectivity index (χ1v) is 10.4. The summed E-state index contributed by atoms with van der Waals surface area (Å²) in [7, 11) is 1.62. The maximum atomic E-state index is 13.3. The standard InChI is InChI=1S/C22H26ClFN2OS/c1-15-12-20(21(27-2)13-19(15)23)25-22(28)26(18-6-4-3-5-7-18)14-16-8-10-17(24)11-9-16/h8-13,18H,3-7,14H2,1-2H3,(H,25,28). The van der Waals surface area contributed by atoms with Gasteiger partial charge in [0, 0.05) is 23.7 Å². The van der Waals surface area contributed by atoms with Gasteiger partial charge in [0.2, 0.25) is 0 Å². The second-order valence-corrected chi connectivity index (χ2v) is 8.07. The number of aryl methyl sites for hydroxylation is 1. The van der Waals surface area contributed by atoms with E-state index in [-0.39, 0.29) is 5.82 Å². The van der Waals surface area contributed by atoms with Gasteiger partial charge in [-0.2, -0.15) is 0 Å². The molecule has 0 aliphatic heterocycles.